The molecule has 0 N–H and O–H groups in total. The minimum atomic E-state index is 0.555. The lowest BCUT2D eigenvalue weighted by Crippen LogP contribution is -1.93. The highest BCUT2D eigenvalue weighted by atomic mass is 32.1. The molecule has 0 spiro atoms. The number of hydrogen-bond acceptors (Lipinski definition) is 3. The van der Waals surface area contributed by atoms with E-state index in [1.165, 1.54) is 0 Å². The van der Waals surface area contributed by atoms with Gasteiger partial charge in [-0.15, -0.1) is 0 Å². The number of hydrogen-bond donors (Lipinski definition) is 1. The highest BCUT2D eigenvalue weighted by Gasteiger charge is 1.97. The first-order chi connectivity index (χ1) is 9.38. The van der Waals surface area contributed by atoms with Gasteiger partial charge in [-0.2, -0.15) is 12.6 Å². The maximum absolute atomic E-state index is 5.70. The van der Waals surface area contributed by atoms with Crippen LogP contribution in [0.4, 0.5) is 0 Å². The molecule has 0 heterocycles. The lowest BCUT2D eigenvalue weighted by molar-refractivity contribution is 0.362. The molecule has 0 unspecified atom stereocenters. The third-order valence-corrected chi connectivity index (χ3v) is 2.63. The quantitative estimate of drug-likeness (QED) is 0.622. The van der Waals surface area contributed by atoms with E-state index in [9.17, 15) is 0 Å². The van der Waals surface area contributed by atoms with Crippen LogP contribution in [0.15, 0.2) is 66.7 Å². The Labute approximate surface area is 119 Å². The molecule has 2 nitrogen and oxygen atoms in total. The van der Waals surface area contributed by atoms with E-state index in [0.29, 0.717) is 6.61 Å². The van der Waals surface area contributed by atoms with Gasteiger partial charge in [-0.05, 0) is 36.4 Å². The van der Waals surface area contributed by atoms with Crippen molar-refractivity contribution in [2.75, 3.05) is 12.4 Å². The smallest absolute Gasteiger partial charge is 0.127 e. The molecule has 0 aliphatic carbocycles. The van der Waals surface area contributed by atoms with Crippen molar-refractivity contribution in [2.24, 2.45) is 0 Å². The largest absolute Gasteiger partial charge is 0.490 e. The molecule has 0 bridgehead atoms. The van der Waals surface area contributed by atoms with Crippen LogP contribution >= 0.6 is 12.6 Å². The van der Waals surface area contributed by atoms with Crippen LogP contribution in [0.1, 0.15) is 0 Å². The van der Waals surface area contributed by atoms with Crippen molar-refractivity contribution < 1.29 is 9.47 Å². The fraction of sp³-hybridized carbons (Fsp3) is 0.125. The SMILES string of the molecule is SCC=CCOc1ccc(Oc2ccccc2)cc1. The van der Waals surface area contributed by atoms with E-state index < -0.39 is 0 Å². The molecule has 2 aromatic carbocycles. The van der Waals surface area contributed by atoms with E-state index in [1.807, 2.05) is 66.7 Å². The number of para-hydroxylation sites is 1. The number of ether oxygens (including phenoxy) is 2. The van der Waals surface area contributed by atoms with E-state index in [1.54, 1.807) is 0 Å². The zero-order valence-corrected chi connectivity index (χ0v) is 11.4. The molecule has 0 aliphatic rings. The van der Waals surface area contributed by atoms with Gasteiger partial charge >= 0.3 is 0 Å². The lowest BCUT2D eigenvalue weighted by Gasteiger charge is -2.07. The van der Waals surface area contributed by atoms with Crippen LogP contribution in [0.25, 0.3) is 0 Å². The second-order valence-electron chi connectivity index (χ2n) is 3.85. The molecule has 0 amide bonds. The van der Waals surface area contributed by atoms with Crippen molar-refractivity contribution in [1.29, 1.82) is 0 Å². The molecule has 0 atom stereocenters. The van der Waals surface area contributed by atoms with Crippen LogP contribution in [-0.2, 0) is 0 Å². The van der Waals surface area contributed by atoms with Gasteiger partial charge in [0.15, 0.2) is 0 Å². The maximum Gasteiger partial charge on any atom is 0.127 e. The average molecular weight is 272 g/mol. The molecule has 0 saturated carbocycles. The Hall–Kier alpha value is -1.87. The molecule has 3 heteroatoms. The summed E-state index contributed by atoms with van der Waals surface area (Å²) in [5, 5.41) is 0. The molecule has 19 heavy (non-hydrogen) atoms. The fourth-order valence-corrected chi connectivity index (χ4v) is 1.66. The molecule has 0 aliphatic heterocycles. The molecule has 2 rings (SSSR count). The van der Waals surface area contributed by atoms with Gasteiger partial charge in [0.1, 0.15) is 23.9 Å². The average Bonchev–Trinajstić information content (AvgIpc) is 2.46. The van der Waals surface area contributed by atoms with Crippen molar-refractivity contribution in [3.63, 3.8) is 0 Å². The lowest BCUT2D eigenvalue weighted by atomic mass is 10.3. The zero-order valence-electron chi connectivity index (χ0n) is 10.5. The predicted molar refractivity (Wildman–Crippen MR) is 81.4 cm³/mol. The maximum atomic E-state index is 5.70. The van der Waals surface area contributed by atoms with Crippen LogP contribution in [-0.4, -0.2) is 12.4 Å². The molecular weight excluding hydrogens is 256 g/mol. The Morgan fingerprint density at radius 3 is 2.11 bits per heavy atom. The first-order valence-corrected chi connectivity index (χ1v) is 6.73. The third-order valence-electron chi connectivity index (χ3n) is 2.42. The topological polar surface area (TPSA) is 18.5 Å². The van der Waals surface area contributed by atoms with Crippen molar-refractivity contribution in [3.8, 4) is 17.2 Å². The number of rotatable bonds is 6. The van der Waals surface area contributed by atoms with Gasteiger partial charge in [0, 0.05) is 5.75 Å². The highest BCUT2D eigenvalue weighted by Crippen LogP contribution is 2.23. The highest BCUT2D eigenvalue weighted by molar-refractivity contribution is 7.80. The van der Waals surface area contributed by atoms with E-state index in [-0.39, 0.29) is 0 Å². The summed E-state index contributed by atoms with van der Waals surface area (Å²) < 4.78 is 11.2. The molecule has 0 aromatic heterocycles. The van der Waals surface area contributed by atoms with E-state index in [0.717, 1.165) is 23.0 Å². The molecule has 0 fully saturated rings. The van der Waals surface area contributed by atoms with Gasteiger partial charge in [-0.25, -0.2) is 0 Å². The summed E-state index contributed by atoms with van der Waals surface area (Å²) in [4.78, 5) is 0. The minimum absolute atomic E-state index is 0.555. The monoisotopic (exact) mass is 272 g/mol. The van der Waals surface area contributed by atoms with Crippen LogP contribution in [0, 0.1) is 0 Å². The Bertz CT molecular complexity index is 506. The zero-order chi connectivity index (χ0) is 13.3. The standard InChI is InChI=1S/C16H16O2S/c19-13-5-4-12-17-14-8-10-16(11-9-14)18-15-6-2-1-3-7-15/h1-11,19H,12-13H2. The van der Waals surface area contributed by atoms with Crippen molar-refractivity contribution >= 4 is 12.6 Å². The second-order valence-corrected chi connectivity index (χ2v) is 4.22. The van der Waals surface area contributed by atoms with E-state index >= 15 is 0 Å². The van der Waals surface area contributed by atoms with Crippen LogP contribution in [0.2, 0.25) is 0 Å². The molecule has 0 saturated heterocycles. The Morgan fingerprint density at radius 2 is 1.42 bits per heavy atom. The normalized spacial score (nSPS) is 10.6. The number of benzene rings is 2. The van der Waals surface area contributed by atoms with Gasteiger partial charge in [-0.1, -0.05) is 30.4 Å². The summed E-state index contributed by atoms with van der Waals surface area (Å²) in [6.07, 6.45) is 3.90. The van der Waals surface area contributed by atoms with Crippen molar-refractivity contribution in [2.45, 2.75) is 0 Å². The minimum Gasteiger partial charge on any atom is -0.490 e. The van der Waals surface area contributed by atoms with Gasteiger partial charge in [0.2, 0.25) is 0 Å². The Morgan fingerprint density at radius 1 is 0.789 bits per heavy atom. The molecule has 0 radical (unpaired) electrons. The Kier molecular flexibility index (Phi) is 5.38. The van der Waals surface area contributed by atoms with E-state index in [4.69, 9.17) is 9.47 Å². The van der Waals surface area contributed by atoms with Gasteiger partial charge < -0.3 is 9.47 Å². The summed E-state index contributed by atoms with van der Waals surface area (Å²) in [5.74, 6) is 3.18. The summed E-state index contributed by atoms with van der Waals surface area (Å²) in [7, 11) is 0. The fourth-order valence-electron chi connectivity index (χ4n) is 1.52. The first kappa shape index (κ1) is 13.6. The van der Waals surface area contributed by atoms with Crippen LogP contribution < -0.4 is 9.47 Å². The van der Waals surface area contributed by atoms with Crippen LogP contribution in [0.5, 0.6) is 17.2 Å². The second kappa shape index (κ2) is 7.54. The molecule has 98 valence electrons. The van der Waals surface area contributed by atoms with Crippen molar-refractivity contribution in [3.05, 3.63) is 66.7 Å². The third kappa shape index (κ3) is 4.72. The summed E-state index contributed by atoms with van der Waals surface area (Å²) in [6.45, 7) is 0.555. The molecular formula is C16H16O2S. The van der Waals surface area contributed by atoms with Gasteiger partial charge in [0.25, 0.3) is 0 Å². The number of thiol groups is 1. The predicted octanol–water partition coefficient (Wildman–Crippen LogP) is 4.34. The van der Waals surface area contributed by atoms with Crippen LogP contribution in [0.3, 0.4) is 0 Å². The van der Waals surface area contributed by atoms with Gasteiger partial charge in [-0.3, -0.25) is 0 Å². The first-order valence-electron chi connectivity index (χ1n) is 6.10. The van der Waals surface area contributed by atoms with E-state index in [2.05, 4.69) is 12.6 Å². The Balaban J connectivity index is 1.89. The summed E-state index contributed by atoms with van der Waals surface area (Å²) >= 11 is 4.08. The van der Waals surface area contributed by atoms with Crippen molar-refractivity contribution in [1.82, 2.24) is 0 Å². The molecule has 2 aromatic rings. The summed E-state index contributed by atoms with van der Waals surface area (Å²) in [5.41, 5.74) is 0. The summed E-state index contributed by atoms with van der Waals surface area (Å²) in [6, 6.07) is 17.3. The van der Waals surface area contributed by atoms with Gasteiger partial charge in [0.05, 0.1) is 0 Å².